The molecular formula is C13H16ClNO5S. The number of carbonyl (C=O) groups is 1. The summed E-state index contributed by atoms with van der Waals surface area (Å²) >= 11 is 5.94. The van der Waals surface area contributed by atoms with E-state index in [1.807, 2.05) is 0 Å². The first kappa shape index (κ1) is 16.2. The lowest BCUT2D eigenvalue weighted by Gasteiger charge is -2.26. The summed E-state index contributed by atoms with van der Waals surface area (Å²) in [5.74, 6) is -1.21. The van der Waals surface area contributed by atoms with Crippen molar-refractivity contribution in [1.82, 2.24) is 4.31 Å². The Morgan fingerprint density at radius 1 is 1.48 bits per heavy atom. The zero-order chi connectivity index (χ0) is 15.8. The molecule has 1 aromatic carbocycles. The Bertz CT molecular complexity index is 661. The van der Waals surface area contributed by atoms with Gasteiger partial charge in [0.15, 0.2) is 0 Å². The highest BCUT2D eigenvalue weighted by atomic mass is 35.5. The Hall–Kier alpha value is -1.15. The largest absolute Gasteiger partial charge is 0.478 e. The van der Waals surface area contributed by atoms with E-state index in [1.54, 1.807) is 6.92 Å². The molecule has 0 saturated carbocycles. The summed E-state index contributed by atoms with van der Waals surface area (Å²) < 4.78 is 31.9. The Balaban J connectivity index is 2.43. The van der Waals surface area contributed by atoms with E-state index in [1.165, 1.54) is 23.5 Å². The smallest absolute Gasteiger partial charge is 0.335 e. The van der Waals surface area contributed by atoms with Gasteiger partial charge in [-0.2, -0.15) is 4.31 Å². The molecule has 8 heteroatoms. The molecule has 0 radical (unpaired) electrons. The van der Waals surface area contributed by atoms with E-state index in [0.717, 1.165) is 6.07 Å². The van der Waals surface area contributed by atoms with Gasteiger partial charge >= 0.3 is 5.97 Å². The SMILES string of the molecule is CC1OCCC1N(C)S(=O)(=O)c1cc(C(=O)O)ccc1Cl. The number of halogens is 1. The third-order valence-corrected chi connectivity index (χ3v) is 6.00. The first-order chi connectivity index (χ1) is 9.75. The van der Waals surface area contributed by atoms with Crippen LogP contribution in [0.3, 0.4) is 0 Å². The Morgan fingerprint density at radius 2 is 2.14 bits per heavy atom. The molecule has 0 spiro atoms. The van der Waals surface area contributed by atoms with Gasteiger partial charge in [0.2, 0.25) is 10.0 Å². The maximum absolute atomic E-state index is 12.7. The van der Waals surface area contributed by atoms with Crippen LogP contribution in [0.4, 0.5) is 0 Å². The summed E-state index contributed by atoms with van der Waals surface area (Å²) in [5.41, 5.74) is -0.123. The van der Waals surface area contributed by atoms with Gasteiger partial charge in [0.1, 0.15) is 4.90 Å². The maximum Gasteiger partial charge on any atom is 0.335 e. The second-order valence-corrected chi connectivity index (χ2v) is 7.28. The number of carboxylic acid groups (broad SMARTS) is 1. The first-order valence-corrected chi connectivity index (χ1v) is 8.19. The quantitative estimate of drug-likeness (QED) is 0.908. The molecule has 1 aliphatic heterocycles. The zero-order valence-corrected chi connectivity index (χ0v) is 13.2. The monoisotopic (exact) mass is 333 g/mol. The summed E-state index contributed by atoms with van der Waals surface area (Å²) in [6, 6.07) is 3.34. The van der Waals surface area contributed by atoms with E-state index in [-0.39, 0.29) is 27.6 Å². The summed E-state index contributed by atoms with van der Waals surface area (Å²) in [7, 11) is -2.43. The fraction of sp³-hybridized carbons (Fsp3) is 0.462. The molecule has 2 rings (SSSR count). The van der Waals surface area contributed by atoms with E-state index in [2.05, 4.69) is 0 Å². The van der Waals surface area contributed by atoms with E-state index in [4.69, 9.17) is 21.4 Å². The Kier molecular flexibility index (Phi) is 4.57. The summed E-state index contributed by atoms with van der Waals surface area (Å²) in [6.07, 6.45) is 0.374. The van der Waals surface area contributed by atoms with Gasteiger partial charge in [0.05, 0.1) is 22.7 Å². The minimum Gasteiger partial charge on any atom is -0.478 e. The lowest BCUT2D eigenvalue weighted by Crippen LogP contribution is -2.41. The van der Waals surface area contributed by atoms with Crippen LogP contribution < -0.4 is 0 Å². The molecule has 0 aliphatic carbocycles. The minimum atomic E-state index is -3.88. The van der Waals surface area contributed by atoms with Gasteiger partial charge in [0.25, 0.3) is 0 Å². The van der Waals surface area contributed by atoms with Crippen LogP contribution >= 0.6 is 11.6 Å². The molecule has 0 bridgehead atoms. The predicted molar refractivity (Wildman–Crippen MR) is 77.2 cm³/mol. The Morgan fingerprint density at radius 3 is 2.67 bits per heavy atom. The van der Waals surface area contributed by atoms with Crippen LogP contribution in [-0.4, -0.2) is 49.6 Å². The van der Waals surface area contributed by atoms with Gasteiger partial charge in [-0.05, 0) is 31.5 Å². The van der Waals surface area contributed by atoms with Crippen molar-refractivity contribution in [2.45, 2.75) is 30.4 Å². The molecule has 0 amide bonds. The van der Waals surface area contributed by atoms with Gasteiger partial charge in [-0.1, -0.05) is 11.6 Å². The molecule has 1 saturated heterocycles. The summed E-state index contributed by atoms with van der Waals surface area (Å²) in [4.78, 5) is 10.8. The summed E-state index contributed by atoms with van der Waals surface area (Å²) in [5, 5.41) is 8.99. The average Bonchev–Trinajstić information content (AvgIpc) is 2.83. The first-order valence-electron chi connectivity index (χ1n) is 6.37. The molecule has 1 aromatic rings. The number of hydrogen-bond acceptors (Lipinski definition) is 4. The number of nitrogens with zero attached hydrogens (tertiary/aromatic N) is 1. The van der Waals surface area contributed by atoms with Crippen molar-refractivity contribution in [2.75, 3.05) is 13.7 Å². The lowest BCUT2D eigenvalue weighted by atomic mass is 10.2. The van der Waals surface area contributed by atoms with Gasteiger partial charge in [-0.25, -0.2) is 13.2 Å². The van der Waals surface area contributed by atoms with E-state index >= 15 is 0 Å². The highest BCUT2D eigenvalue weighted by Crippen LogP contribution is 2.29. The van der Waals surface area contributed by atoms with Crippen LogP contribution in [0.1, 0.15) is 23.7 Å². The third kappa shape index (κ3) is 3.06. The number of rotatable bonds is 4. The molecule has 21 heavy (non-hydrogen) atoms. The van der Waals surface area contributed by atoms with E-state index in [0.29, 0.717) is 13.0 Å². The Labute approximate surface area is 128 Å². The number of likely N-dealkylation sites (N-methyl/N-ethyl adjacent to an activating group) is 1. The fourth-order valence-corrected chi connectivity index (χ4v) is 4.31. The molecule has 2 unspecified atom stereocenters. The molecule has 1 fully saturated rings. The highest BCUT2D eigenvalue weighted by molar-refractivity contribution is 7.89. The molecule has 0 aromatic heterocycles. The number of aromatic carboxylic acids is 1. The van der Waals surface area contributed by atoms with Crippen LogP contribution in [0.15, 0.2) is 23.1 Å². The molecule has 2 atom stereocenters. The van der Waals surface area contributed by atoms with Crippen molar-refractivity contribution in [3.63, 3.8) is 0 Å². The van der Waals surface area contributed by atoms with E-state index < -0.39 is 16.0 Å². The second-order valence-electron chi connectivity index (χ2n) is 4.90. The number of carboxylic acids is 1. The van der Waals surface area contributed by atoms with Gasteiger partial charge in [-0.15, -0.1) is 0 Å². The fourth-order valence-electron chi connectivity index (χ4n) is 2.37. The molecule has 116 valence electrons. The van der Waals surface area contributed by atoms with Crippen molar-refractivity contribution in [2.24, 2.45) is 0 Å². The molecule has 1 heterocycles. The highest BCUT2D eigenvalue weighted by Gasteiger charge is 2.36. The molecule has 1 N–H and O–H groups in total. The lowest BCUT2D eigenvalue weighted by molar-refractivity contribution is 0.0696. The number of ether oxygens (including phenoxy) is 1. The van der Waals surface area contributed by atoms with Crippen LogP contribution in [0.25, 0.3) is 0 Å². The number of benzene rings is 1. The van der Waals surface area contributed by atoms with Crippen molar-refractivity contribution in [3.8, 4) is 0 Å². The van der Waals surface area contributed by atoms with Crippen molar-refractivity contribution >= 4 is 27.6 Å². The van der Waals surface area contributed by atoms with Crippen molar-refractivity contribution in [3.05, 3.63) is 28.8 Å². The molecule has 1 aliphatic rings. The summed E-state index contributed by atoms with van der Waals surface area (Å²) in [6.45, 7) is 2.30. The molecular weight excluding hydrogens is 318 g/mol. The zero-order valence-electron chi connectivity index (χ0n) is 11.6. The standard InChI is InChI=1S/C13H16ClNO5S/c1-8-11(5-6-20-8)15(2)21(18,19)12-7-9(13(16)17)3-4-10(12)14/h3-4,7-8,11H,5-6H2,1-2H3,(H,16,17). The van der Waals surface area contributed by atoms with Crippen molar-refractivity contribution in [1.29, 1.82) is 0 Å². The van der Waals surface area contributed by atoms with Crippen LogP contribution in [-0.2, 0) is 14.8 Å². The van der Waals surface area contributed by atoms with Crippen LogP contribution in [0.5, 0.6) is 0 Å². The third-order valence-electron chi connectivity index (χ3n) is 3.64. The normalized spacial score (nSPS) is 22.7. The molecule has 6 nitrogen and oxygen atoms in total. The van der Waals surface area contributed by atoms with Crippen LogP contribution in [0.2, 0.25) is 5.02 Å². The van der Waals surface area contributed by atoms with Gasteiger partial charge in [0, 0.05) is 13.7 Å². The number of sulfonamides is 1. The van der Waals surface area contributed by atoms with Gasteiger partial charge in [-0.3, -0.25) is 0 Å². The maximum atomic E-state index is 12.7. The average molecular weight is 334 g/mol. The van der Waals surface area contributed by atoms with Crippen molar-refractivity contribution < 1.29 is 23.1 Å². The predicted octanol–water partition coefficient (Wildman–Crippen LogP) is 1.84. The number of hydrogen-bond donors (Lipinski definition) is 1. The van der Waals surface area contributed by atoms with Gasteiger partial charge < -0.3 is 9.84 Å². The topological polar surface area (TPSA) is 83.9 Å². The van der Waals surface area contributed by atoms with Crippen LogP contribution in [0, 0.1) is 0 Å². The van der Waals surface area contributed by atoms with E-state index in [9.17, 15) is 13.2 Å². The minimum absolute atomic E-state index is 0.00146. The second kappa shape index (κ2) is 5.92.